The van der Waals surface area contributed by atoms with E-state index < -0.39 is 0 Å². The molecule has 0 atom stereocenters. The van der Waals surface area contributed by atoms with Gasteiger partial charge in [-0.1, -0.05) is 12.1 Å². The minimum atomic E-state index is -0.356. The Morgan fingerprint density at radius 1 is 0.800 bits per heavy atom. The van der Waals surface area contributed by atoms with Gasteiger partial charge in [-0.25, -0.2) is 4.39 Å². The van der Waals surface area contributed by atoms with Crippen molar-refractivity contribution in [2.75, 3.05) is 26.2 Å². The molecule has 158 valence electrons. The molecular formula is C24H27FN2O3. The molecule has 0 saturated carbocycles. The lowest BCUT2D eigenvalue weighted by molar-refractivity contribution is -0.138. The number of phenolic OH excluding ortho intramolecular Hbond substituents is 1. The summed E-state index contributed by atoms with van der Waals surface area (Å²) in [7, 11) is 0. The third kappa shape index (κ3) is 4.48. The van der Waals surface area contributed by atoms with Gasteiger partial charge in [-0.05, 0) is 73.6 Å². The number of likely N-dealkylation sites (tertiary alicyclic amines) is 2. The van der Waals surface area contributed by atoms with E-state index in [4.69, 9.17) is 0 Å². The number of piperidine rings is 2. The van der Waals surface area contributed by atoms with E-state index in [-0.39, 0.29) is 29.3 Å². The van der Waals surface area contributed by atoms with Gasteiger partial charge in [-0.15, -0.1) is 0 Å². The van der Waals surface area contributed by atoms with Crippen LogP contribution in [0, 0.1) is 11.7 Å². The van der Waals surface area contributed by atoms with E-state index in [9.17, 15) is 19.1 Å². The van der Waals surface area contributed by atoms with Gasteiger partial charge in [0.1, 0.15) is 11.6 Å². The van der Waals surface area contributed by atoms with Gasteiger partial charge < -0.3 is 14.9 Å². The Hall–Kier alpha value is -2.89. The highest BCUT2D eigenvalue weighted by atomic mass is 19.1. The number of phenols is 1. The number of aromatic hydroxyl groups is 1. The summed E-state index contributed by atoms with van der Waals surface area (Å²) in [6.07, 6.45) is 3.20. The monoisotopic (exact) mass is 410 g/mol. The molecule has 2 aliphatic rings. The highest BCUT2D eigenvalue weighted by Crippen LogP contribution is 2.31. The Bertz CT molecular complexity index is 882. The fourth-order valence-corrected chi connectivity index (χ4v) is 4.54. The lowest BCUT2D eigenvalue weighted by Crippen LogP contribution is -2.46. The molecule has 0 aromatic heterocycles. The van der Waals surface area contributed by atoms with Crippen molar-refractivity contribution in [1.29, 1.82) is 0 Å². The number of hydrogen-bond donors (Lipinski definition) is 1. The summed E-state index contributed by atoms with van der Waals surface area (Å²) in [5.74, 6) is 0.404. The molecule has 30 heavy (non-hydrogen) atoms. The number of amides is 2. The van der Waals surface area contributed by atoms with Crippen LogP contribution in [0.3, 0.4) is 0 Å². The van der Waals surface area contributed by atoms with E-state index in [0.717, 1.165) is 25.9 Å². The van der Waals surface area contributed by atoms with Crippen LogP contribution in [0.15, 0.2) is 48.5 Å². The van der Waals surface area contributed by atoms with Gasteiger partial charge in [0.2, 0.25) is 5.91 Å². The molecule has 6 heteroatoms. The lowest BCUT2D eigenvalue weighted by Gasteiger charge is -2.37. The zero-order chi connectivity index (χ0) is 21.1. The first-order valence-corrected chi connectivity index (χ1v) is 10.6. The highest BCUT2D eigenvalue weighted by molar-refractivity contribution is 5.94. The van der Waals surface area contributed by atoms with E-state index in [2.05, 4.69) is 0 Å². The summed E-state index contributed by atoms with van der Waals surface area (Å²) >= 11 is 0. The van der Waals surface area contributed by atoms with Gasteiger partial charge in [0.25, 0.3) is 5.91 Å². The number of nitrogens with zero attached hydrogens (tertiary/aromatic N) is 2. The van der Waals surface area contributed by atoms with E-state index in [1.54, 1.807) is 17.0 Å². The molecular weight excluding hydrogens is 383 g/mol. The quantitative estimate of drug-likeness (QED) is 0.838. The molecule has 2 saturated heterocycles. The predicted octanol–water partition coefficient (Wildman–Crippen LogP) is 3.79. The second kappa shape index (κ2) is 8.86. The van der Waals surface area contributed by atoms with Crippen molar-refractivity contribution in [3.05, 3.63) is 65.5 Å². The molecule has 0 radical (unpaired) electrons. The third-order valence-electron chi connectivity index (χ3n) is 6.39. The van der Waals surface area contributed by atoms with E-state index in [1.165, 1.54) is 29.8 Å². The maximum Gasteiger partial charge on any atom is 0.253 e. The molecule has 2 heterocycles. The van der Waals surface area contributed by atoms with Crippen LogP contribution < -0.4 is 0 Å². The topological polar surface area (TPSA) is 60.9 Å². The number of hydrogen-bond acceptors (Lipinski definition) is 3. The Balaban J connectivity index is 1.27. The number of carbonyl (C=O) groups is 2. The molecule has 0 aliphatic carbocycles. The van der Waals surface area contributed by atoms with Crippen LogP contribution in [0.2, 0.25) is 0 Å². The molecule has 5 nitrogen and oxygen atoms in total. The summed E-state index contributed by atoms with van der Waals surface area (Å²) in [5, 5.41) is 9.45. The average Bonchev–Trinajstić information content (AvgIpc) is 2.79. The molecule has 2 aliphatic heterocycles. The van der Waals surface area contributed by atoms with Gasteiger partial charge in [-0.3, -0.25) is 9.59 Å². The highest BCUT2D eigenvalue weighted by Gasteiger charge is 2.32. The first kappa shape index (κ1) is 20.4. The van der Waals surface area contributed by atoms with Crippen LogP contribution >= 0.6 is 0 Å². The number of halogens is 1. The molecule has 2 aromatic rings. The van der Waals surface area contributed by atoms with E-state index in [0.29, 0.717) is 37.4 Å². The first-order valence-electron chi connectivity index (χ1n) is 10.6. The van der Waals surface area contributed by atoms with E-state index >= 15 is 0 Å². The van der Waals surface area contributed by atoms with Crippen molar-refractivity contribution >= 4 is 11.8 Å². The molecule has 2 fully saturated rings. The van der Waals surface area contributed by atoms with Crippen LogP contribution in [0.4, 0.5) is 4.39 Å². The van der Waals surface area contributed by atoms with Crippen molar-refractivity contribution in [1.82, 2.24) is 9.80 Å². The Kier molecular flexibility index (Phi) is 6.02. The van der Waals surface area contributed by atoms with Gasteiger partial charge in [0, 0.05) is 37.7 Å². The predicted molar refractivity (Wildman–Crippen MR) is 112 cm³/mol. The van der Waals surface area contributed by atoms with Crippen molar-refractivity contribution in [2.45, 2.75) is 31.6 Å². The van der Waals surface area contributed by atoms with Crippen LogP contribution in [0.1, 0.15) is 47.5 Å². The van der Waals surface area contributed by atoms with Crippen molar-refractivity contribution in [3.63, 3.8) is 0 Å². The molecule has 0 bridgehead atoms. The molecule has 0 unspecified atom stereocenters. The fraction of sp³-hybridized carbons (Fsp3) is 0.417. The van der Waals surface area contributed by atoms with Crippen LogP contribution in [0.5, 0.6) is 5.75 Å². The van der Waals surface area contributed by atoms with E-state index in [1.807, 2.05) is 17.0 Å². The van der Waals surface area contributed by atoms with Gasteiger partial charge in [0.15, 0.2) is 0 Å². The van der Waals surface area contributed by atoms with Crippen molar-refractivity contribution < 1.29 is 19.1 Å². The van der Waals surface area contributed by atoms with Crippen LogP contribution in [-0.2, 0) is 4.79 Å². The summed E-state index contributed by atoms with van der Waals surface area (Å²) in [6, 6.07) is 13.0. The minimum Gasteiger partial charge on any atom is -0.508 e. The molecule has 1 N–H and O–H groups in total. The maximum atomic E-state index is 13.1. The Morgan fingerprint density at radius 2 is 1.37 bits per heavy atom. The summed E-state index contributed by atoms with van der Waals surface area (Å²) in [5.41, 5.74) is 1.70. The summed E-state index contributed by atoms with van der Waals surface area (Å²) in [6.45, 7) is 2.60. The minimum absolute atomic E-state index is 0.0347. The van der Waals surface area contributed by atoms with Crippen molar-refractivity contribution in [2.24, 2.45) is 5.92 Å². The van der Waals surface area contributed by atoms with Gasteiger partial charge >= 0.3 is 0 Å². The molecule has 4 rings (SSSR count). The summed E-state index contributed by atoms with van der Waals surface area (Å²) in [4.78, 5) is 29.3. The maximum absolute atomic E-state index is 13.1. The molecule has 2 aromatic carbocycles. The zero-order valence-corrected chi connectivity index (χ0v) is 17.0. The standard InChI is InChI=1S/C24H27FN2O3/c25-21-5-1-19(2-6-21)23(29)27-15-11-20(12-16-27)24(30)26-13-9-18(10-14-26)17-3-7-22(28)8-4-17/h1-8,18,20,28H,9-16H2. The zero-order valence-electron chi connectivity index (χ0n) is 17.0. The number of rotatable bonds is 3. The Labute approximate surface area is 176 Å². The molecule has 2 amide bonds. The van der Waals surface area contributed by atoms with Crippen molar-refractivity contribution in [3.8, 4) is 5.75 Å². The lowest BCUT2D eigenvalue weighted by atomic mass is 9.88. The van der Waals surface area contributed by atoms with Gasteiger partial charge in [0.05, 0.1) is 0 Å². The van der Waals surface area contributed by atoms with Crippen LogP contribution in [0.25, 0.3) is 0 Å². The first-order chi connectivity index (χ1) is 14.5. The largest absolute Gasteiger partial charge is 0.508 e. The smallest absolute Gasteiger partial charge is 0.253 e. The molecule has 0 spiro atoms. The van der Waals surface area contributed by atoms with Crippen LogP contribution in [-0.4, -0.2) is 52.9 Å². The third-order valence-corrected chi connectivity index (χ3v) is 6.39. The fourth-order valence-electron chi connectivity index (χ4n) is 4.54. The average molecular weight is 410 g/mol. The van der Waals surface area contributed by atoms with Gasteiger partial charge in [-0.2, -0.15) is 0 Å². The second-order valence-corrected chi connectivity index (χ2v) is 8.26. The summed E-state index contributed by atoms with van der Waals surface area (Å²) < 4.78 is 13.1. The number of benzene rings is 2. The Morgan fingerprint density at radius 3 is 1.97 bits per heavy atom. The normalized spacial score (nSPS) is 18.4. The SMILES string of the molecule is O=C(c1ccc(F)cc1)N1CCC(C(=O)N2CCC(c3ccc(O)cc3)CC2)CC1. The number of carbonyl (C=O) groups excluding carboxylic acids is 2. The second-order valence-electron chi connectivity index (χ2n) is 8.26.